The molecular weight excluding hydrogens is 495 g/mol. The van der Waals surface area contributed by atoms with Crippen LogP contribution in [0, 0.1) is 3.57 Å². The second kappa shape index (κ2) is 9.52. The Hall–Kier alpha value is -2.53. The van der Waals surface area contributed by atoms with Crippen LogP contribution < -0.4 is 4.74 Å². The summed E-state index contributed by atoms with van der Waals surface area (Å²) in [5.41, 5.74) is 1.66. The summed E-state index contributed by atoms with van der Waals surface area (Å²) in [6.45, 7) is 6.17. The topological polar surface area (TPSA) is 76.4 Å². The van der Waals surface area contributed by atoms with E-state index in [1.807, 2.05) is 60.4 Å². The Labute approximate surface area is 188 Å². The van der Waals surface area contributed by atoms with Crippen molar-refractivity contribution in [2.45, 2.75) is 13.5 Å². The maximum absolute atomic E-state index is 12.8. The number of nitrogens with zero attached hydrogens (tertiary/aromatic N) is 6. The predicted octanol–water partition coefficient (Wildman–Crippen LogP) is 2.62. The number of amides is 1. The number of halogens is 1. The van der Waals surface area contributed by atoms with Gasteiger partial charge in [-0.3, -0.25) is 9.69 Å². The molecule has 1 fully saturated rings. The van der Waals surface area contributed by atoms with Crippen LogP contribution in [0.15, 0.2) is 48.5 Å². The molecule has 1 saturated heterocycles. The van der Waals surface area contributed by atoms with Gasteiger partial charge in [-0.25, -0.2) is 0 Å². The van der Waals surface area contributed by atoms with Crippen molar-refractivity contribution in [3.63, 3.8) is 0 Å². The maximum atomic E-state index is 12.8. The lowest BCUT2D eigenvalue weighted by atomic mass is 10.2. The number of ether oxygens (including phenoxy) is 1. The van der Waals surface area contributed by atoms with Crippen LogP contribution in [0.1, 0.15) is 23.1 Å². The van der Waals surface area contributed by atoms with Gasteiger partial charge < -0.3 is 9.64 Å². The van der Waals surface area contributed by atoms with E-state index in [4.69, 9.17) is 4.74 Å². The lowest BCUT2D eigenvalue weighted by Gasteiger charge is -2.34. The van der Waals surface area contributed by atoms with E-state index in [2.05, 4.69) is 43.0 Å². The molecule has 0 aliphatic carbocycles. The zero-order valence-corrected chi connectivity index (χ0v) is 18.9. The quantitative estimate of drug-likeness (QED) is 0.468. The first-order chi connectivity index (χ1) is 14.7. The molecule has 0 saturated carbocycles. The van der Waals surface area contributed by atoms with Crippen molar-refractivity contribution in [3.05, 3.63) is 63.5 Å². The summed E-state index contributed by atoms with van der Waals surface area (Å²) >= 11 is 2.22. The third kappa shape index (κ3) is 4.62. The molecular formula is C21H23IN6O2. The summed E-state index contributed by atoms with van der Waals surface area (Å²) in [4.78, 5) is 17.0. The van der Waals surface area contributed by atoms with E-state index in [-0.39, 0.29) is 5.91 Å². The molecule has 1 aliphatic heterocycles. The lowest BCUT2D eigenvalue weighted by Crippen LogP contribution is -2.48. The van der Waals surface area contributed by atoms with Crippen molar-refractivity contribution < 1.29 is 9.53 Å². The van der Waals surface area contributed by atoms with Crippen LogP contribution in [0.25, 0.3) is 5.69 Å². The molecule has 1 amide bonds. The Balaban J connectivity index is 1.38. The summed E-state index contributed by atoms with van der Waals surface area (Å²) in [5, 5.41) is 12.2. The van der Waals surface area contributed by atoms with E-state index in [1.165, 1.54) is 0 Å². The summed E-state index contributed by atoms with van der Waals surface area (Å²) in [6, 6.07) is 15.4. The van der Waals surface area contributed by atoms with Crippen molar-refractivity contribution >= 4 is 28.5 Å². The summed E-state index contributed by atoms with van der Waals surface area (Å²) in [6.07, 6.45) is 0. The molecule has 0 unspecified atom stereocenters. The highest BCUT2D eigenvalue weighted by atomic mass is 127. The molecule has 9 heteroatoms. The first-order valence-electron chi connectivity index (χ1n) is 9.92. The van der Waals surface area contributed by atoms with Gasteiger partial charge in [0, 0.05) is 29.7 Å². The predicted molar refractivity (Wildman–Crippen MR) is 121 cm³/mol. The third-order valence-electron chi connectivity index (χ3n) is 5.06. The molecule has 3 aromatic rings. The molecule has 8 nitrogen and oxygen atoms in total. The van der Waals surface area contributed by atoms with E-state index in [0.717, 1.165) is 39.5 Å². The van der Waals surface area contributed by atoms with Crippen molar-refractivity contribution in [1.29, 1.82) is 0 Å². The molecule has 0 N–H and O–H groups in total. The standard InChI is InChI=1S/C21H23IN6O2/c1-2-30-17-9-7-16(8-10-17)28-20(23-24-25-28)15-26-11-13-27(14-12-26)21(29)18-5-3-4-6-19(18)22/h3-10H,2,11-15H2,1H3. The highest BCUT2D eigenvalue weighted by molar-refractivity contribution is 14.1. The van der Waals surface area contributed by atoms with Crippen LogP contribution in [0.5, 0.6) is 5.75 Å². The molecule has 2 heterocycles. The minimum absolute atomic E-state index is 0.0962. The van der Waals surface area contributed by atoms with Crippen LogP contribution in [0.3, 0.4) is 0 Å². The minimum Gasteiger partial charge on any atom is -0.494 e. The second-order valence-electron chi connectivity index (χ2n) is 6.98. The number of carbonyl (C=O) groups is 1. The second-order valence-corrected chi connectivity index (χ2v) is 8.14. The number of benzene rings is 2. The van der Waals surface area contributed by atoms with Gasteiger partial charge in [0.05, 0.1) is 24.4 Å². The number of rotatable bonds is 6. The number of tetrazole rings is 1. The molecule has 156 valence electrons. The zero-order valence-electron chi connectivity index (χ0n) is 16.7. The van der Waals surface area contributed by atoms with Crippen molar-refractivity contribution in [2.24, 2.45) is 0 Å². The Bertz CT molecular complexity index is 999. The summed E-state index contributed by atoms with van der Waals surface area (Å²) in [7, 11) is 0. The van der Waals surface area contributed by atoms with Gasteiger partial charge in [-0.1, -0.05) is 12.1 Å². The van der Waals surface area contributed by atoms with Crippen LogP contribution in [-0.4, -0.2) is 68.7 Å². The SMILES string of the molecule is CCOc1ccc(-n2nnnc2CN2CCN(C(=O)c3ccccc3I)CC2)cc1. The van der Waals surface area contributed by atoms with Crippen molar-refractivity contribution in [1.82, 2.24) is 30.0 Å². The number of aromatic nitrogens is 4. The van der Waals surface area contributed by atoms with Crippen LogP contribution in [-0.2, 0) is 6.54 Å². The molecule has 1 aliphatic rings. The van der Waals surface area contributed by atoms with Crippen LogP contribution in [0.4, 0.5) is 0 Å². The minimum atomic E-state index is 0.0962. The average Bonchev–Trinajstić information content (AvgIpc) is 3.23. The van der Waals surface area contributed by atoms with Crippen LogP contribution in [0.2, 0.25) is 0 Å². The molecule has 1 aromatic heterocycles. The zero-order chi connectivity index (χ0) is 20.9. The Morgan fingerprint density at radius 1 is 1.07 bits per heavy atom. The van der Waals surface area contributed by atoms with E-state index >= 15 is 0 Å². The lowest BCUT2D eigenvalue weighted by molar-refractivity contribution is 0.0623. The fraction of sp³-hybridized carbons (Fsp3) is 0.333. The summed E-state index contributed by atoms with van der Waals surface area (Å²) < 4.78 is 8.23. The molecule has 0 atom stereocenters. The van der Waals surface area contributed by atoms with Crippen molar-refractivity contribution in [3.8, 4) is 11.4 Å². The molecule has 2 aromatic carbocycles. The fourth-order valence-corrected chi connectivity index (χ4v) is 4.09. The highest BCUT2D eigenvalue weighted by Crippen LogP contribution is 2.18. The Morgan fingerprint density at radius 3 is 2.50 bits per heavy atom. The average molecular weight is 518 g/mol. The monoisotopic (exact) mass is 518 g/mol. The van der Waals surface area contributed by atoms with Gasteiger partial charge in [0.25, 0.3) is 5.91 Å². The smallest absolute Gasteiger partial charge is 0.255 e. The number of carbonyl (C=O) groups excluding carboxylic acids is 1. The van der Waals surface area contributed by atoms with Gasteiger partial charge in [0.15, 0.2) is 5.82 Å². The Kier molecular flexibility index (Phi) is 6.58. The van der Waals surface area contributed by atoms with E-state index in [9.17, 15) is 4.79 Å². The first-order valence-corrected chi connectivity index (χ1v) is 11.0. The van der Waals surface area contributed by atoms with Gasteiger partial charge >= 0.3 is 0 Å². The van der Waals surface area contributed by atoms with Gasteiger partial charge in [-0.2, -0.15) is 4.68 Å². The number of hydrogen-bond acceptors (Lipinski definition) is 6. The molecule has 30 heavy (non-hydrogen) atoms. The van der Waals surface area contributed by atoms with E-state index in [1.54, 1.807) is 4.68 Å². The van der Waals surface area contributed by atoms with Crippen LogP contribution >= 0.6 is 22.6 Å². The van der Waals surface area contributed by atoms with Gasteiger partial charge in [0.1, 0.15) is 5.75 Å². The normalized spacial score (nSPS) is 14.7. The fourth-order valence-electron chi connectivity index (χ4n) is 3.47. The van der Waals surface area contributed by atoms with Crippen molar-refractivity contribution in [2.75, 3.05) is 32.8 Å². The first kappa shape index (κ1) is 20.7. The Morgan fingerprint density at radius 2 is 1.80 bits per heavy atom. The summed E-state index contributed by atoms with van der Waals surface area (Å²) in [5.74, 6) is 1.69. The maximum Gasteiger partial charge on any atom is 0.255 e. The highest BCUT2D eigenvalue weighted by Gasteiger charge is 2.24. The number of hydrogen-bond donors (Lipinski definition) is 0. The third-order valence-corrected chi connectivity index (χ3v) is 6.00. The molecule has 0 spiro atoms. The molecule has 0 radical (unpaired) electrons. The van der Waals surface area contributed by atoms with E-state index in [0.29, 0.717) is 26.2 Å². The molecule has 4 rings (SSSR count). The number of piperazine rings is 1. The molecule has 0 bridgehead atoms. The van der Waals surface area contributed by atoms with E-state index < -0.39 is 0 Å². The van der Waals surface area contributed by atoms with Gasteiger partial charge in [-0.05, 0) is 76.3 Å². The van der Waals surface area contributed by atoms with Gasteiger partial charge in [0.2, 0.25) is 0 Å². The van der Waals surface area contributed by atoms with Gasteiger partial charge in [-0.15, -0.1) is 5.10 Å². The largest absolute Gasteiger partial charge is 0.494 e.